The highest BCUT2D eigenvalue weighted by atomic mass is 16.5. The van der Waals surface area contributed by atoms with Crippen molar-refractivity contribution in [3.63, 3.8) is 0 Å². The Kier molecular flexibility index (Phi) is 5.64. The van der Waals surface area contributed by atoms with Gasteiger partial charge in [0, 0.05) is 11.1 Å². The molecule has 0 saturated heterocycles. The summed E-state index contributed by atoms with van der Waals surface area (Å²) in [6, 6.07) is 10.5. The zero-order valence-corrected chi connectivity index (χ0v) is 15.8. The molecule has 0 heterocycles. The Bertz CT molecular complexity index is 861. The number of carbonyl (C=O) groups is 2. The maximum absolute atomic E-state index is 12.3. The fourth-order valence-corrected chi connectivity index (χ4v) is 3.13. The third-order valence-corrected chi connectivity index (χ3v) is 4.44. The van der Waals surface area contributed by atoms with Crippen molar-refractivity contribution in [2.45, 2.75) is 39.2 Å². The van der Waals surface area contributed by atoms with Crippen LogP contribution in [0.1, 0.15) is 52.1 Å². The number of ether oxygens (including phenoxy) is 2. The van der Waals surface area contributed by atoms with Crippen molar-refractivity contribution >= 4 is 11.8 Å². The van der Waals surface area contributed by atoms with Gasteiger partial charge in [0.1, 0.15) is 0 Å². The molecule has 0 bridgehead atoms. The maximum atomic E-state index is 12.3. The topological polar surface area (TPSA) is 76.7 Å². The number of nitrogens with one attached hydrogen (secondary N) is 2. The molecule has 6 heteroatoms. The molecule has 3 rings (SSSR count). The summed E-state index contributed by atoms with van der Waals surface area (Å²) >= 11 is 0. The first-order valence-corrected chi connectivity index (χ1v) is 9.05. The standard InChI is InChI=1S/C21H24N2O4/c1-13(2)27-18-10-9-17(12-19(18)26-3)21(25)23-22-20(24)16-8-7-14-5-4-6-15(14)11-16/h7-13H,4-6H2,1-3H3,(H,22,24)(H,23,25). The minimum absolute atomic E-state index is 0.00909. The lowest BCUT2D eigenvalue weighted by Crippen LogP contribution is -2.41. The van der Waals surface area contributed by atoms with Gasteiger partial charge in [0.05, 0.1) is 13.2 Å². The number of amides is 2. The van der Waals surface area contributed by atoms with Gasteiger partial charge in [-0.25, -0.2) is 0 Å². The SMILES string of the molecule is COc1cc(C(=O)NNC(=O)c2ccc3c(c2)CCC3)ccc1OC(C)C. The van der Waals surface area contributed by atoms with Crippen LogP contribution in [0.2, 0.25) is 0 Å². The van der Waals surface area contributed by atoms with Crippen LogP contribution >= 0.6 is 0 Å². The first kappa shape index (κ1) is 18.8. The van der Waals surface area contributed by atoms with E-state index in [0.29, 0.717) is 22.6 Å². The van der Waals surface area contributed by atoms with Gasteiger partial charge in [0.2, 0.25) is 0 Å². The predicted molar refractivity (Wildman–Crippen MR) is 102 cm³/mol. The average Bonchev–Trinajstić information content (AvgIpc) is 3.13. The lowest BCUT2D eigenvalue weighted by atomic mass is 10.1. The van der Waals surface area contributed by atoms with Gasteiger partial charge >= 0.3 is 0 Å². The van der Waals surface area contributed by atoms with Crippen molar-refractivity contribution in [2.24, 2.45) is 0 Å². The summed E-state index contributed by atoms with van der Waals surface area (Å²) in [4.78, 5) is 24.7. The molecule has 27 heavy (non-hydrogen) atoms. The highest BCUT2D eigenvalue weighted by Crippen LogP contribution is 2.29. The number of hydrogen-bond donors (Lipinski definition) is 2. The Morgan fingerprint density at radius 3 is 2.19 bits per heavy atom. The molecule has 2 aromatic carbocycles. The van der Waals surface area contributed by atoms with Gasteiger partial charge in [0.15, 0.2) is 11.5 Å². The minimum atomic E-state index is -0.432. The van der Waals surface area contributed by atoms with Gasteiger partial charge in [-0.2, -0.15) is 0 Å². The molecular formula is C21H24N2O4. The first-order chi connectivity index (χ1) is 13.0. The Labute approximate surface area is 158 Å². The molecule has 0 aromatic heterocycles. The van der Waals surface area contributed by atoms with E-state index in [9.17, 15) is 9.59 Å². The van der Waals surface area contributed by atoms with Crippen LogP contribution in [0, 0.1) is 0 Å². The second kappa shape index (κ2) is 8.12. The quantitative estimate of drug-likeness (QED) is 0.796. The highest BCUT2D eigenvalue weighted by molar-refractivity contribution is 5.99. The maximum Gasteiger partial charge on any atom is 0.269 e. The number of fused-ring (bicyclic) bond motifs is 1. The van der Waals surface area contributed by atoms with E-state index in [2.05, 4.69) is 10.9 Å². The van der Waals surface area contributed by atoms with Crippen LogP contribution in [0.4, 0.5) is 0 Å². The number of hydrazine groups is 1. The monoisotopic (exact) mass is 368 g/mol. The van der Waals surface area contributed by atoms with Gasteiger partial charge in [-0.1, -0.05) is 6.07 Å². The molecule has 0 fully saturated rings. The van der Waals surface area contributed by atoms with E-state index in [0.717, 1.165) is 19.3 Å². The first-order valence-electron chi connectivity index (χ1n) is 9.05. The Morgan fingerprint density at radius 2 is 1.52 bits per heavy atom. The van der Waals surface area contributed by atoms with Gasteiger partial charge < -0.3 is 9.47 Å². The van der Waals surface area contributed by atoms with Crippen LogP contribution in [0.5, 0.6) is 11.5 Å². The summed E-state index contributed by atoms with van der Waals surface area (Å²) in [6.45, 7) is 3.82. The molecule has 1 aliphatic rings. The summed E-state index contributed by atoms with van der Waals surface area (Å²) < 4.78 is 10.9. The lowest BCUT2D eigenvalue weighted by Gasteiger charge is -2.14. The predicted octanol–water partition coefficient (Wildman–Crippen LogP) is 3.05. The molecule has 2 aromatic rings. The smallest absolute Gasteiger partial charge is 0.269 e. The zero-order valence-electron chi connectivity index (χ0n) is 15.8. The van der Waals surface area contributed by atoms with Crippen LogP contribution in [0.3, 0.4) is 0 Å². The number of aryl methyl sites for hydroxylation is 2. The van der Waals surface area contributed by atoms with E-state index in [-0.39, 0.29) is 12.0 Å². The summed E-state index contributed by atoms with van der Waals surface area (Å²) in [5.41, 5.74) is 8.30. The van der Waals surface area contributed by atoms with Crippen molar-refractivity contribution in [1.29, 1.82) is 0 Å². The number of hydrogen-bond acceptors (Lipinski definition) is 4. The van der Waals surface area contributed by atoms with Crippen LogP contribution in [0.15, 0.2) is 36.4 Å². The van der Waals surface area contributed by atoms with Gasteiger partial charge in [-0.3, -0.25) is 20.4 Å². The number of benzene rings is 2. The van der Waals surface area contributed by atoms with Crippen LogP contribution in [-0.2, 0) is 12.8 Å². The molecular weight excluding hydrogens is 344 g/mol. The van der Waals surface area contributed by atoms with E-state index in [1.807, 2.05) is 26.0 Å². The van der Waals surface area contributed by atoms with Crippen molar-refractivity contribution in [2.75, 3.05) is 7.11 Å². The fourth-order valence-electron chi connectivity index (χ4n) is 3.13. The van der Waals surface area contributed by atoms with E-state index in [1.165, 1.54) is 18.2 Å². The number of methoxy groups -OCH3 is 1. The molecule has 6 nitrogen and oxygen atoms in total. The third-order valence-electron chi connectivity index (χ3n) is 4.44. The van der Waals surface area contributed by atoms with E-state index < -0.39 is 5.91 Å². The van der Waals surface area contributed by atoms with Crippen molar-refractivity contribution in [3.8, 4) is 11.5 Å². The summed E-state index contributed by atoms with van der Waals surface area (Å²) in [6.07, 6.45) is 3.17. The number of carbonyl (C=O) groups excluding carboxylic acids is 2. The molecule has 0 unspecified atom stereocenters. The average molecular weight is 368 g/mol. The summed E-state index contributed by atoms with van der Waals surface area (Å²) in [5.74, 6) is 0.246. The molecule has 2 N–H and O–H groups in total. The zero-order chi connectivity index (χ0) is 19.4. The molecule has 0 saturated carbocycles. The molecule has 0 spiro atoms. The van der Waals surface area contributed by atoms with Gasteiger partial charge in [-0.15, -0.1) is 0 Å². The second-order valence-corrected chi connectivity index (χ2v) is 6.78. The summed E-state index contributed by atoms with van der Waals surface area (Å²) in [5, 5.41) is 0. The van der Waals surface area contributed by atoms with Crippen molar-refractivity contribution < 1.29 is 19.1 Å². The Balaban J connectivity index is 1.64. The third kappa shape index (κ3) is 4.39. The second-order valence-electron chi connectivity index (χ2n) is 6.78. The Morgan fingerprint density at radius 1 is 0.889 bits per heavy atom. The lowest BCUT2D eigenvalue weighted by molar-refractivity contribution is 0.0846. The minimum Gasteiger partial charge on any atom is -0.493 e. The highest BCUT2D eigenvalue weighted by Gasteiger charge is 2.16. The van der Waals surface area contributed by atoms with Crippen LogP contribution in [0.25, 0.3) is 0 Å². The summed E-state index contributed by atoms with van der Waals surface area (Å²) in [7, 11) is 1.51. The van der Waals surface area contributed by atoms with Gasteiger partial charge in [0.25, 0.3) is 11.8 Å². The normalized spacial score (nSPS) is 12.4. The molecule has 0 aliphatic heterocycles. The van der Waals surface area contributed by atoms with Gasteiger partial charge in [-0.05, 0) is 74.6 Å². The molecule has 1 aliphatic carbocycles. The molecule has 142 valence electrons. The Hall–Kier alpha value is -3.02. The molecule has 0 atom stereocenters. The van der Waals surface area contributed by atoms with Crippen LogP contribution < -0.4 is 20.3 Å². The van der Waals surface area contributed by atoms with Crippen molar-refractivity contribution in [1.82, 2.24) is 10.9 Å². The molecule has 0 radical (unpaired) electrons. The van der Waals surface area contributed by atoms with Crippen molar-refractivity contribution in [3.05, 3.63) is 58.7 Å². The van der Waals surface area contributed by atoms with E-state index in [1.54, 1.807) is 24.3 Å². The fraction of sp³-hybridized carbons (Fsp3) is 0.333. The number of rotatable bonds is 5. The van der Waals surface area contributed by atoms with Crippen LogP contribution in [-0.4, -0.2) is 25.0 Å². The molecule has 2 amide bonds. The van der Waals surface area contributed by atoms with E-state index in [4.69, 9.17) is 9.47 Å². The van der Waals surface area contributed by atoms with E-state index >= 15 is 0 Å². The largest absolute Gasteiger partial charge is 0.493 e.